The summed E-state index contributed by atoms with van der Waals surface area (Å²) in [6, 6.07) is 0. The van der Waals surface area contributed by atoms with E-state index in [0.29, 0.717) is 0 Å². The molecule has 0 radical (unpaired) electrons. The van der Waals surface area contributed by atoms with Crippen LogP contribution in [0.15, 0.2) is 0 Å². The van der Waals surface area contributed by atoms with Crippen molar-refractivity contribution in [1.82, 2.24) is 9.80 Å². The van der Waals surface area contributed by atoms with E-state index in [9.17, 15) is 0 Å². The van der Waals surface area contributed by atoms with E-state index in [1.165, 1.54) is 32.5 Å². The fourth-order valence-electron chi connectivity index (χ4n) is 2.70. The van der Waals surface area contributed by atoms with Gasteiger partial charge in [-0.1, -0.05) is 6.42 Å². The molecule has 0 amide bonds. The van der Waals surface area contributed by atoms with Crippen LogP contribution in [0.1, 0.15) is 32.6 Å². The maximum atomic E-state index is 9.08. The quantitative estimate of drug-likeness (QED) is 0.630. The molecule has 0 aromatic heterocycles. The highest BCUT2D eigenvalue weighted by molar-refractivity contribution is 4.78. The summed E-state index contributed by atoms with van der Waals surface area (Å²) in [5, 5.41) is 9.08. The smallest absolute Gasteiger partial charge is 0.0608 e. The van der Waals surface area contributed by atoms with Gasteiger partial charge in [0.25, 0.3) is 0 Å². The molecular weight excluding hydrogens is 226 g/mol. The molecular formula is C14H31N3O. The van der Waals surface area contributed by atoms with Gasteiger partial charge in [-0.15, -0.1) is 0 Å². The number of nitrogens with two attached hydrogens (primary N) is 1. The molecule has 0 aromatic carbocycles. The minimum Gasteiger partial charge on any atom is -0.394 e. The molecule has 18 heavy (non-hydrogen) atoms. The SMILES string of the molecule is CN(CCCCC(C)(N)CO)CC1CCN(C)C1. The molecule has 4 heteroatoms. The van der Waals surface area contributed by atoms with Gasteiger partial charge in [0.05, 0.1) is 6.61 Å². The second-order valence-corrected chi connectivity index (χ2v) is 6.45. The van der Waals surface area contributed by atoms with Gasteiger partial charge in [-0.3, -0.25) is 0 Å². The van der Waals surface area contributed by atoms with Crippen LogP contribution in [0.2, 0.25) is 0 Å². The first-order chi connectivity index (χ1) is 8.43. The third-order valence-corrected chi connectivity index (χ3v) is 3.96. The number of likely N-dealkylation sites (tertiary alicyclic amines) is 1. The zero-order chi connectivity index (χ0) is 13.6. The van der Waals surface area contributed by atoms with Crippen LogP contribution in [0.25, 0.3) is 0 Å². The normalized spacial score (nSPS) is 24.7. The van der Waals surface area contributed by atoms with E-state index in [1.54, 1.807) is 0 Å². The van der Waals surface area contributed by atoms with Gasteiger partial charge < -0.3 is 20.6 Å². The van der Waals surface area contributed by atoms with Crippen LogP contribution < -0.4 is 5.73 Å². The van der Waals surface area contributed by atoms with Crippen molar-refractivity contribution in [3.63, 3.8) is 0 Å². The minimum absolute atomic E-state index is 0.0806. The Morgan fingerprint density at radius 1 is 1.44 bits per heavy atom. The average molecular weight is 257 g/mol. The molecule has 0 saturated carbocycles. The number of aliphatic hydroxyl groups is 1. The van der Waals surface area contributed by atoms with E-state index in [1.807, 2.05) is 6.92 Å². The van der Waals surface area contributed by atoms with Crippen molar-refractivity contribution in [2.75, 3.05) is 46.9 Å². The predicted molar refractivity (Wildman–Crippen MR) is 76.6 cm³/mol. The number of hydrogen-bond donors (Lipinski definition) is 2. The molecule has 3 N–H and O–H groups in total. The fourth-order valence-corrected chi connectivity index (χ4v) is 2.70. The lowest BCUT2D eigenvalue weighted by molar-refractivity contribution is 0.194. The highest BCUT2D eigenvalue weighted by atomic mass is 16.3. The van der Waals surface area contributed by atoms with Crippen molar-refractivity contribution < 1.29 is 5.11 Å². The van der Waals surface area contributed by atoms with Crippen LogP contribution in [-0.2, 0) is 0 Å². The van der Waals surface area contributed by atoms with Crippen LogP contribution >= 0.6 is 0 Å². The standard InChI is InChI=1S/C14H31N3O/c1-14(15,12-18)7-4-5-8-16(2)10-13-6-9-17(3)11-13/h13,18H,4-12,15H2,1-3H3. The summed E-state index contributed by atoms with van der Waals surface area (Å²) in [6.07, 6.45) is 4.52. The van der Waals surface area contributed by atoms with Gasteiger partial charge in [-0.05, 0) is 59.3 Å². The van der Waals surface area contributed by atoms with E-state index in [4.69, 9.17) is 10.8 Å². The maximum absolute atomic E-state index is 9.08. The summed E-state index contributed by atoms with van der Waals surface area (Å²) in [4.78, 5) is 4.86. The van der Waals surface area contributed by atoms with Crippen molar-refractivity contribution in [3.05, 3.63) is 0 Å². The van der Waals surface area contributed by atoms with Gasteiger partial charge >= 0.3 is 0 Å². The molecule has 4 nitrogen and oxygen atoms in total. The van der Waals surface area contributed by atoms with Gasteiger partial charge in [-0.2, -0.15) is 0 Å². The number of aliphatic hydroxyl groups excluding tert-OH is 1. The van der Waals surface area contributed by atoms with E-state index in [0.717, 1.165) is 25.3 Å². The first kappa shape index (κ1) is 15.9. The number of unbranched alkanes of at least 4 members (excludes halogenated alkanes) is 1. The van der Waals surface area contributed by atoms with Crippen molar-refractivity contribution in [3.8, 4) is 0 Å². The second kappa shape index (κ2) is 7.43. The first-order valence-corrected chi connectivity index (χ1v) is 7.20. The van der Waals surface area contributed by atoms with Gasteiger partial charge in [-0.25, -0.2) is 0 Å². The fraction of sp³-hybridized carbons (Fsp3) is 1.00. The Labute approximate surface area is 112 Å². The van der Waals surface area contributed by atoms with Crippen LogP contribution in [0.5, 0.6) is 0 Å². The second-order valence-electron chi connectivity index (χ2n) is 6.45. The van der Waals surface area contributed by atoms with Crippen LogP contribution in [0.3, 0.4) is 0 Å². The van der Waals surface area contributed by atoms with Gasteiger partial charge in [0, 0.05) is 18.6 Å². The molecule has 0 aromatic rings. The summed E-state index contributed by atoms with van der Waals surface area (Å²) in [5.74, 6) is 0.845. The van der Waals surface area contributed by atoms with Gasteiger partial charge in [0.15, 0.2) is 0 Å². The van der Waals surface area contributed by atoms with Crippen molar-refractivity contribution in [2.24, 2.45) is 11.7 Å². The number of rotatable bonds is 8. The summed E-state index contributed by atoms with van der Waals surface area (Å²) in [5.41, 5.74) is 5.52. The minimum atomic E-state index is -0.396. The Kier molecular flexibility index (Phi) is 6.57. The summed E-state index contributed by atoms with van der Waals surface area (Å²) < 4.78 is 0. The molecule has 1 fully saturated rings. The lowest BCUT2D eigenvalue weighted by atomic mass is 9.97. The lowest BCUT2D eigenvalue weighted by Gasteiger charge is -2.23. The molecule has 2 unspecified atom stereocenters. The largest absolute Gasteiger partial charge is 0.394 e. The first-order valence-electron chi connectivity index (χ1n) is 7.20. The highest BCUT2D eigenvalue weighted by Crippen LogP contribution is 2.16. The Morgan fingerprint density at radius 2 is 2.17 bits per heavy atom. The Morgan fingerprint density at radius 3 is 2.72 bits per heavy atom. The highest BCUT2D eigenvalue weighted by Gasteiger charge is 2.20. The molecule has 2 atom stereocenters. The third-order valence-electron chi connectivity index (χ3n) is 3.96. The van der Waals surface area contributed by atoms with Crippen LogP contribution in [0.4, 0.5) is 0 Å². The monoisotopic (exact) mass is 257 g/mol. The Bertz CT molecular complexity index is 233. The summed E-state index contributed by atoms with van der Waals surface area (Å²) >= 11 is 0. The molecule has 1 aliphatic heterocycles. The van der Waals surface area contributed by atoms with E-state index in [-0.39, 0.29) is 6.61 Å². The summed E-state index contributed by atoms with van der Waals surface area (Å²) in [7, 11) is 4.42. The molecule has 1 heterocycles. The van der Waals surface area contributed by atoms with E-state index < -0.39 is 5.54 Å². The molecule has 0 spiro atoms. The maximum Gasteiger partial charge on any atom is 0.0608 e. The van der Waals surface area contributed by atoms with Gasteiger partial charge in [0.1, 0.15) is 0 Å². The molecule has 1 saturated heterocycles. The van der Waals surface area contributed by atoms with Crippen LogP contribution in [-0.4, -0.2) is 67.3 Å². The topological polar surface area (TPSA) is 52.7 Å². The van der Waals surface area contributed by atoms with Crippen molar-refractivity contribution >= 4 is 0 Å². The van der Waals surface area contributed by atoms with E-state index >= 15 is 0 Å². The molecule has 0 bridgehead atoms. The van der Waals surface area contributed by atoms with Crippen molar-refractivity contribution in [1.29, 1.82) is 0 Å². The Balaban J connectivity index is 2.05. The molecule has 1 rings (SSSR count). The third kappa shape index (κ3) is 6.14. The predicted octanol–water partition coefficient (Wildman–Crippen LogP) is 0.750. The zero-order valence-electron chi connectivity index (χ0n) is 12.4. The summed E-state index contributed by atoms with van der Waals surface area (Å²) in [6.45, 7) is 6.85. The number of nitrogens with zero attached hydrogens (tertiary/aromatic N) is 2. The molecule has 1 aliphatic rings. The molecule has 108 valence electrons. The lowest BCUT2D eigenvalue weighted by Crippen LogP contribution is -2.40. The average Bonchev–Trinajstić information content (AvgIpc) is 2.70. The Hall–Kier alpha value is -0.160. The zero-order valence-corrected chi connectivity index (χ0v) is 12.4. The van der Waals surface area contributed by atoms with Crippen LogP contribution in [0, 0.1) is 5.92 Å². The van der Waals surface area contributed by atoms with E-state index in [2.05, 4.69) is 23.9 Å². The van der Waals surface area contributed by atoms with Crippen molar-refractivity contribution in [2.45, 2.75) is 38.1 Å². The molecule has 0 aliphatic carbocycles. The van der Waals surface area contributed by atoms with Gasteiger partial charge in [0.2, 0.25) is 0 Å². The number of hydrogen-bond acceptors (Lipinski definition) is 4.